The number of alkyl halides is 1. The second-order valence-electron chi connectivity index (χ2n) is 6.23. The van der Waals surface area contributed by atoms with Gasteiger partial charge in [0.1, 0.15) is 36.9 Å². The van der Waals surface area contributed by atoms with Crippen molar-refractivity contribution in [2.75, 3.05) is 32.8 Å². The van der Waals surface area contributed by atoms with Gasteiger partial charge in [-0.25, -0.2) is 8.42 Å². The normalized spacial score (nSPS) is 13.7. The maximum atomic E-state index is 12.9. The summed E-state index contributed by atoms with van der Waals surface area (Å²) in [6.45, 7) is -0.0456. The molecule has 2 N–H and O–H groups in total. The molecule has 11 heteroatoms. The van der Waals surface area contributed by atoms with Crippen molar-refractivity contribution < 1.29 is 32.8 Å². The van der Waals surface area contributed by atoms with Crippen LogP contribution >= 0.6 is 34.8 Å². The van der Waals surface area contributed by atoms with E-state index in [4.69, 9.17) is 49.0 Å². The van der Waals surface area contributed by atoms with Crippen molar-refractivity contribution in [1.29, 1.82) is 0 Å². The van der Waals surface area contributed by atoms with Crippen molar-refractivity contribution >= 4 is 44.6 Å². The summed E-state index contributed by atoms with van der Waals surface area (Å²) in [7, 11) is -2.46. The molecule has 2 rings (SSSR count). The number of aliphatic hydroxyl groups is 2. The number of halogens is 3. The minimum atomic E-state index is -3.91. The smallest absolute Gasteiger partial charge is 0.206 e. The standard InChI is InChI=1S/C19H21Cl3O7S/c1-27-9-13(24)11-29-19-5-3-15(7-17(19)22)30(25,26)14-2-4-18(16(21)6-14)28-10-12(23)8-20/h2-7,12-13,23-24H,8-11H2,1H3. The Bertz CT molecular complexity index is 953. The Kier molecular flexibility index (Phi) is 9.49. The number of ether oxygens (including phenoxy) is 3. The molecule has 7 nitrogen and oxygen atoms in total. The van der Waals surface area contributed by atoms with Gasteiger partial charge in [0, 0.05) is 7.11 Å². The lowest BCUT2D eigenvalue weighted by atomic mass is 10.3. The van der Waals surface area contributed by atoms with Crippen LogP contribution in [0.3, 0.4) is 0 Å². The highest BCUT2D eigenvalue weighted by molar-refractivity contribution is 7.91. The molecule has 0 aliphatic rings. The van der Waals surface area contributed by atoms with Crippen LogP contribution in [0.2, 0.25) is 10.0 Å². The summed E-state index contributed by atoms with van der Waals surface area (Å²) in [5.41, 5.74) is 0. The number of methoxy groups -OCH3 is 1. The van der Waals surface area contributed by atoms with Crippen molar-refractivity contribution in [3.05, 3.63) is 46.4 Å². The van der Waals surface area contributed by atoms with Gasteiger partial charge in [-0.1, -0.05) is 23.2 Å². The lowest BCUT2D eigenvalue weighted by Crippen LogP contribution is -2.22. The summed E-state index contributed by atoms with van der Waals surface area (Å²) in [4.78, 5) is -0.113. The van der Waals surface area contributed by atoms with Crippen LogP contribution in [0.25, 0.3) is 0 Å². The van der Waals surface area contributed by atoms with E-state index in [1.54, 1.807) is 0 Å². The van der Waals surface area contributed by atoms with Crippen LogP contribution in [-0.4, -0.2) is 63.6 Å². The first kappa shape index (κ1) is 25.0. The second-order valence-corrected chi connectivity index (χ2v) is 9.30. The number of hydrogen-bond donors (Lipinski definition) is 2. The van der Waals surface area contributed by atoms with E-state index in [0.717, 1.165) is 0 Å². The fourth-order valence-electron chi connectivity index (χ4n) is 2.32. The maximum Gasteiger partial charge on any atom is 0.206 e. The lowest BCUT2D eigenvalue weighted by Gasteiger charge is -2.14. The second kappa shape index (κ2) is 11.4. The number of sulfone groups is 1. The van der Waals surface area contributed by atoms with Gasteiger partial charge in [0.2, 0.25) is 9.84 Å². The Morgan fingerprint density at radius 1 is 0.867 bits per heavy atom. The number of rotatable bonds is 11. The molecule has 2 aromatic rings. The van der Waals surface area contributed by atoms with Gasteiger partial charge >= 0.3 is 0 Å². The van der Waals surface area contributed by atoms with Crippen LogP contribution in [0.4, 0.5) is 0 Å². The van der Waals surface area contributed by atoms with Crippen LogP contribution < -0.4 is 9.47 Å². The van der Waals surface area contributed by atoms with Crippen LogP contribution in [-0.2, 0) is 14.6 Å². The van der Waals surface area contributed by atoms with Crippen molar-refractivity contribution in [1.82, 2.24) is 0 Å². The first-order valence-electron chi connectivity index (χ1n) is 8.69. The molecule has 0 radical (unpaired) electrons. The van der Waals surface area contributed by atoms with Gasteiger partial charge in [-0.15, -0.1) is 11.6 Å². The molecule has 0 aliphatic carbocycles. The Balaban J connectivity index is 2.18. The van der Waals surface area contributed by atoms with Crippen molar-refractivity contribution in [3.63, 3.8) is 0 Å². The minimum absolute atomic E-state index is 0.00407. The molecular formula is C19H21Cl3O7S. The predicted molar refractivity (Wildman–Crippen MR) is 114 cm³/mol. The first-order valence-corrected chi connectivity index (χ1v) is 11.5. The zero-order valence-corrected chi connectivity index (χ0v) is 19.0. The third-order valence-electron chi connectivity index (χ3n) is 3.83. The van der Waals surface area contributed by atoms with Crippen LogP contribution in [0.15, 0.2) is 46.2 Å². The molecule has 0 amide bonds. The van der Waals surface area contributed by atoms with Crippen molar-refractivity contribution in [3.8, 4) is 11.5 Å². The molecule has 2 atom stereocenters. The SMILES string of the molecule is COCC(O)COc1ccc(S(=O)(=O)c2ccc(OCC(O)CCl)c(Cl)c2)cc1Cl. The zero-order chi connectivity index (χ0) is 22.3. The van der Waals surface area contributed by atoms with Gasteiger partial charge < -0.3 is 24.4 Å². The molecule has 0 fully saturated rings. The summed E-state index contributed by atoms with van der Waals surface area (Å²) >= 11 is 17.8. The molecule has 166 valence electrons. The lowest BCUT2D eigenvalue weighted by molar-refractivity contribution is 0.0325. The summed E-state index contributed by atoms with van der Waals surface area (Å²) in [6.07, 6.45) is -1.72. The molecule has 0 saturated heterocycles. The van der Waals surface area contributed by atoms with Gasteiger partial charge in [0.15, 0.2) is 0 Å². The number of benzene rings is 2. The molecule has 30 heavy (non-hydrogen) atoms. The van der Waals surface area contributed by atoms with E-state index in [0.29, 0.717) is 0 Å². The molecule has 2 unspecified atom stereocenters. The quantitative estimate of drug-likeness (QED) is 0.458. The molecule has 0 aromatic heterocycles. The molecular weight excluding hydrogens is 479 g/mol. The first-order chi connectivity index (χ1) is 14.2. The molecule has 2 aromatic carbocycles. The van der Waals surface area contributed by atoms with Gasteiger partial charge in [-0.2, -0.15) is 0 Å². The van der Waals surface area contributed by atoms with E-state index < -0.39 is 22.0 Å². The Labute approximate surface area is 190 Å². The Hall–Kier alpha value is -1.26. The average molecular weight is 500 g/mol. The summed E-state index contributed by atoms with van der Waals surface area (Å²) in [5, 5.41) is 19.2. The zero-order valence-electron chi connectivity index (χ0n) is 15.9. The van der Waals surface area contributed by atoms with E-state index in [1.807, 2.05) is 0 Å². The monoisotopic (exact) mass is 498 g/mol. The molecule has 0 heterocycles. The third kappa shape index (κ3) is 6.62. The van der Waals surface area contributed by atoms with E-state index in [-0.39, 0.29) is 57.0 Å². The van der Waals surface area contributed by atoms with Gasteiger partial charge in [0.25, 0.3) is 0 Å². The molecule has 0 bridgehead atoms. The van der Waals surface area contributed by atoms with E-state index >= 15 is 0 Å². The molecule has 0 saturated carbocycles. The van der Waals surface area contributed by atoms with Crippen molar-refractivity contribution in [2.45, 2.75) is 22.0 Å². The number of hydrogen-bond acceptors (Lipinski definition) is 7. The molecule has 0 aliphatic heterocycles. The van der Waals surface area contributed by atoms with Crippen LogP contribution in [0.1, 0.15) is 0 Å². The van der Waals surface area contributed by atoms with Crippen molar-refractivity contribution in [2.24, 2.45) is 0 Å². The van der Waals surface area contributed by atoms with Crippen LogP contribution in [0.5, 0.6) is 11.5 Å². The highest BCUT2D eigenvalue weighted by Crippen LogP contribution is 2.33. The average Bonchev–Trinajstić information content (AvgIpc) is 2.71. The van der Waals surface area contributed by atoms with E-state index in [9.17, 15) is 18.6 Å². The predicted octanol–water partition coefficient (Wildman–Crippen LogP) is 3.19. The fraction of sp³-hybridized carbons (Fsp3) is 0.368. The topological polar surface area (TPSA) is 102 Å². The van der Waals surface area contributed by atoms with Gasteiger partial charge in [-0.05, 0) is 36.4 Å². The Morgan fingerprint density at radius 2 is 1.33 bits per heavy atom. The van der Waals surface area contributed by atoms with Gasteiger partial charge in [0.05, 0.1) is 32.3 Å². The highest BCUT2D eigenvalue weighted by Gasteiger charge is 2.21. The third-order valence-corrected chi connectivity index (χ3v) is 6.52. The Morgan fingerprint density at radius 3 is 1.73 bits per heavy atom. The summed E-state index contributed by atoms with van der Waals surface area (Å²) < 4.78 is 41.4. The van der Waals surface area contributed by atoms with E-state index in [2.05, 4.69) is 0 Å². The van der Waals surface area contributed by atoms with Gasteiger partial charge in [-0.3, -0.25) is 0 Å². The largest absolute Gasteiger partial charge is 0.489 e. The summed E-state index contributed by atoms with van der Waals surface area (Å²) in [5.74, 6) is 0.442. The van der Waals surface area contributed by atoms with E-state index in [1.165, 1.54) is 43.5 Å². The van der Waals surface area contributed by atoms with Crippen LogP contribution in [0, 0.1) is 0 Å². The highest BCUT2D eigenvalue weighted by atomic mass is 35.5. The fourth-order valence-corrected chi connectivity index (χ4v) is 4.33. The number of aliphatic hydroxyl groups excluding tert-OH is 2. The minimum Gasteiger partial charge on any atom is -0.489 e. The molecule has 0 spiro atoms. The maximum absolute atomic E-state index is 12.9. The summed E-state index contributed by atoms with van der Waals surface area (Å²) in [6, 6.07) is 7.98.